The Morgan fingerprint density at radius 1 is 1.02 bits per heavy atom. The van der Waals surface area contributed by atoms with Gasteiger partial charge in [0.2, 0.25) is 5.91 Å². The van der Waals surface area contributed by atoms with Crippen molar-refractivity contribution in [3.63, 3.8) is 0 Å². The van der Waals surface area contributed by atoms with Gasteiger partial charge in [-0.1, -0.05) is 12.1 Å². The van der Waals surface area contributed by atoms with Crippen molar-refractivity contribution >= 4 is 16.9 Å². The van der Waals surface area contributed by atoms with Crippen LogP contribution in [0.2, 0.25) is 0 Å². The normalized spacial score (nSPS) is 11.6. The minimum Gasteiger partial charge on any atom is -0.497 e. The summed E-state index contributed by atoms with van der Waals surface area (Å²) in [6.07, 6.45) is 1.71. The van der Waals surface area contributed by atoms with Crippen molar-refractivity contribution in [2.75, 3.05) is 27.8 Å². The third-order valence-electron chi connectivity index (χ3n) is 6.06. The van der Waals surface area contributed by atoms with Gasteiger partial charge in [0.05, 0.1) is 19.1 Å². The highest BCUT2D eigenvalue weighted by molar-refractivity contribution is 5.83. The number of fused-ring (bicyclic) bond motifs is 1. The van der Waals surface area contributed by atoms with E-state index < -0.39 is 5.54 Å². The highest BCUT2D eigenvalue weighted by Gasteiger charge is 2.20. The third kappa shape index (κ3) is 6.84. The van der Waals surface area contributed by atoms with Gasteiger partial charge in [0.15, 0.2) is 5.65 Å². The number of methoxy groups -OCH3 is 1. The van der Waals surface area contributed by atoms with Gasteiger partial charge < -0.3 is 19.7 Å². The Bertz CT molecular complexity index is 1590. The zero-order chi connectivity index (χ0) is 29.0. The standard InChI is InChI=1S/C31H37N5O4/c1-8-40-24-11-9-10-21(14-24)29-33-28-26(30(38)36(29)19-27(37)34-31(2,3)4)16-23(17-32-28)22-12-20(18-35(5)6)13-25(15-22)39-7/h9-17H,8,18-19H2,1-7H3,(H,34,37). The molecule has 0 spiro atoms. The lowest BCUT2D eigenvalue weighted by Gasteiger charge is -2.21. The molecule has 0 radical (unpaired) electrons. The molecule has 2 aromatic heterocycles. The van der Waals surface area contributed by atoms with E-state index in [2.05, 4.69) is 21.3 Å². The Hall–Kier alpha value is -4.24. The number of hydrogen-bond acceptors (Lipinski definition) is 7. The molecule has 0 bridgehead atoms. The first kappa shape index (κ1) is 28.8. The van der Waals surface area contributed by atoms with E-state index in [1.165, 1.54) is 4.57 Å². The number of hydrogen-bond donors (Lipinski definition) is 1. The van der Waals surface area contributed by atoms with Gasteiger partial charge in [0, 0.05) is 29.4 Å². The average Bonchev–Trinajstić information content (AvgIpc) is 2.88. The van der Waals surface area contributed by atoms with Gasteiger partial charge >= 0.3 is 0 Å². The lowest BCUT2D eigenvalue weighted by Crippen LogP contribution is -2.43. The summed E-state index contributed by atoms with van der Waals surface area (Å²) >= 11 is 0. The van der Waals surface area contributed by atoms with Gasteiger partial charge in [0.1, 0.15) is 23.9 Å². The van der Waals surface area contributed by atoms with Crippen molar-refractivity contribution in [2.24, 2.45) is 0 Å². The first-order chi connectivity index (χ1) is 19.0. The molecule has 0 aliphatic carbocycles. The van der Waals surface area contributed by atoms with Crippen molar-refractivity contribution in [1.29, 1.82) is 0 Å². The van der Waals surface area contributed by atoms with Crippen molar-refractivity contribution < 1.29 is 14.3 Å². The molecule has 0 unspecified atom stereocenters. The molecular formula is C31H37N5O4. The van der Waals surface area contributed by atoms with Crippen molar-refractivity contribution in [2.45, 2.75) is 46.3 Å². The fraction of sp³-hybridized carbons (Fsp3) is 0.355. The maximum Gasteiger partial charge on any atom is 0.263 e. The molecule has 9 nitrogen and oxygen atoms in total. The number of benzene rings is 2. The van der Waals surface area contributed by atoms with Crippen molar-refractivity contribution in [3.8, 4) is 34.0 Å². The van der Waals surface area contributed by atoms with E-state index in [0.29, 0.717) is 40.5 Å². The Labute approximate surface area is 234 Å². The van der Waals surface area contributed by atoms with Gasteiger partial charge in [-0.25, -0.2) is 9.97 Å². The van der Waals surface area contributed by atoms with Crippen LogP contribution in [0.1, 0.15) is 33.3 Å². The molecule has 0 aliphatic rings. The van der Waals surface area contributed by atoms with Gasteiger partial charge in [-0.15, -0.1) is 0 Å². The Morgan fingerprint density at radius 3 is 2.45 bits per heavy atom. The SMILES string of the molecule is CCOc1cccc(-c2nc3ncc(-c4cc(CN(C)C)cc(OC)c4)cc3c(=O)n2CC(=O)NC(C)(C)C)c1. The minimum absolute atomic E-state index is 0.191. The van der Waals surface area contributed by atoms with E-state index in [9.17, 15) is 9.59 Å². The second kappa shape index (κ2) is 11.9. The highest BCUT2D eigenvalue weighted by atomic mass is 16.5. The summed E-state index contributed by atoms with van der Waals surface area (Å²) in [5.74, 6) is 1.42. The second-order valence-electron chi connectivity index (χ2n) is 11.0. The topological polar surface area (TPSA) is 98.6 Å². The van der Waals surface area contributed by atoms with Gasteiger partial charge in [0.25, 0.3) is 5.56 Å². The van der Waals surface area contributed by atoms with Crippen LogP contribution in [0.4, 0.5) is 0 Å². The molecule has 0 aliphatic heterocycles. The van der Waals surface area contributed by atoms with Crippen LogP contribution in [0.5, 0.6) is 11.5 Å². The first-order valence-corrected chi connectivity index (χ1v) is 13.3. The number of carbonyl (C=O) groups excluding carboxylic acids is 1. The Morgan fingerprint density at radius 2 is 1.77 bits per heavy atom. The molecule has 40 heavy (non-hydrogen) atoms. The van der Waals surface area contributed by atoms with Crippen LogP contribution in [0.25, 0.3) is 33.5 Å². The second-order valence-corrected chi connectivity index (χ2v) is 11.0. The average molecular weight is 544 g/mol. The van der Waals surface area contributed by atoms with E-state index >= 15 is 0 Å². The number of nitrogens with zero attached hydrogens (tertiary/aromatic N) is 4. The zero-order valence-electron chi connectivity index (χ0n) is 24.2. The number of ether oxygens (including phenoxy) is 2. The van der Waals surface area contributed by atoms with Crippen LogP contribution in [-0.4, -0.2) is 58.7 Å². The van der Waals surface area contributed by atoms with Gasteiger partial charge in [-0.05, 0) is 89.3 Å². The predicted molar refractivity (Wildman–Crippen MR) is 158 cm³/mol. The zero-order valence-corrected chi connectivity index (χ0v) is 24.2. The quantitative estimate of drug-likeness (QED) is 0.332. The smallest absolute Gasteiger partial charge is 0.263 e. The lowest BCUT2D eigenvalue weighted by molar-refractivity contribution is -0.123. The molecule has 0 atom stereocenters. The summed E-state index contributed by atoms with van der Waals surface area (Å²) in [5.41, 5.74) is 2.84. The Balaban J connectivity index is 1.89. The molecule has 1 N–H and O–H groups in total. The molecular weight excluding hydrogens is 506 g/mol. The van der Waals surface area contributed by atoms with Crippen molar-refractivity contribution in [1.82, 2.24) is 24.8 Å². The minimum atomic E-state index is -0.453. The van der Waals surface area contributed by atoms with Crippen LogP contribution >= 0.6 is 0 Å². The number of pyridine rings is 1. The first-order valence-electron chi connectivity index (χ1n) is 13.3. The monoisotopic (exact) mass is 543 g/mol. The molecule has 9 heteroatoms. The number of carbonyl (C=O) groups is 1. The summed E-state index contributed by atoms with van der Waals surface area (Å²) in [6, 6.07) is 15.1. The summed E-state index contributed by atoms with van der Waals surface area (Å²) in [7, 11) is 5.63. The Kier molecular flexibility index (Phi) is 8.54. The van der Waals surface area contributed by atoms with Crippen LogP contribution in [0.15, 0.2) is 59.5 Å². The fourth-order valence-electron chi connectivity index (χ4n) is 4.53. The molecule has 2 aromatic carbocycles. The summed E-state index contributed by atoms with van der Waals surface area (Å²) < 4.78 is 12.6. The number of nitrogens with one attached hydrogen (secondary N) is 1. The van der Waals surface area contributed by atoms with Crippen molar-refractivity contribution in [3.05, 3.63) is 70.6 Å². The number of amides is 1. The molecule has 0 fully saturated rings. The van der Waals surface area contributed by atoms with Crippen LogP contribution in [0.3, 0.4) is 0 Å². The fourth-order valence-corrected chi connectivity index (χ4v) is 4.53. The largest absolute Gasteiger partial charge is 0.497 e. The molecule has 4 rings (SSSR count). The molecule has 0 saturated carbocycles. The van der Waals surface area contributed by atoms with E-state index in [1.807, 2.05) is 78.2 Å². The maximum atomic E-state index is 14.0. The highest BCUT2D eigenvalue weighted by Crippen LogP contribution is 2.29. The molecule has 1 amide bonds. The predicted octanol–water partition coefficient (Wildman–Crippen LogP) is 4.51. The number of aromatic nitrogens is 3. The van der Waals surface area contributed by atoms with E-state index in [-0.39, 0.29) is 18.0 Å². The number of rotatable bonds is 9. The molecule has 4 aromatic rings. The van der Waals surface area contributed by atoms with E-state index in [1.54, 1.807) is 19.4 Å². The van der Waals surface area contributed by atoms with Gasteiger partial charge in [-0.3, -0.25) is 14.2 Å². The maximum absolute atomic E-state index is 14.0. The van der Waals surface area contributed by atoms with E-state index in [0.717, 1.165) is 23.2 Å². The lowest BCUT2D eigenvalue weighted by atomic mass is 10.0. The summed E-state index contributed by atoms with van der Waals surface area (Å²) in [4.78, 5) is 38.4. The summed E-state index contributed by atoms with van der Waals surface area (Å²) in [5, 5.41) is 3.26. The molecule has 2 heterocycles. The third-order valence-corrected chi connectivity index (χ3v) is 6.06. The molecule has 0 saturated heterocycles. The van der Waals surface area contributed by atoms with Crippen LogP contribution < -0.4 is 20.3 Å². The van der Waals surface area contributed by atoms with Crippen LogP contribution in [-0.2, 0) is 17.9 Å². The summed E-state index contributed by atoms with van der Waals surface area (Å²) in [6.45, 7) is 8.63. The van der Waals surface area contributed by atoms with Crippen LogP contribution in [0, 0.1) is 0 Å². The van der Waals surface area contributed by atoms with Gasteiger partial charge in [-0.2, -0.15) is 0 Å². The molecule has 210 valence electrons. The van der Waals surface area contributed by atoms with E-state index in [4.69, 9.17) is 14.5 Å².